The molecule has 3 aromatic rings. The van der Waals surface area contributed by atoms with Crippen LogP contribution in [0.4, 0.5) is 5.69 Å². The lowest BCUT2D eigenvalue weighted by atomic mass is 9.82. The van der Waals surface area contributed by atoms with Crippen molar-refractivity contribution >= 4 is 103 Å². The minimum absolute atomic E-state index is 0.141. The van der Waals surface area contributed by atoms with Gasteiger partial charge in [-0.15, -0.1) is 11.3 Å². The Hall–Kier alpha value is -2.63. The van der Waals surface area contributed by atoms with Gasteiger partial charge < -0.3 is 9.47 Å². The van der Waals surface area contributed by atoms with Gasteiger partial charge in [0.25, 0.3) is 5.91 Å². The molecule has 5 rings (SSSR count). The average Bonchev–Trinajstić information content (AvgIpc) is 3.50. The van der Waals surface area contributed by atoms with E-state index < -0.39 is 17.5 Å². The van der Waals surface area contributed by atoms with Crippen LogP contribution in [-0.4, -0.2) is 42.5 Å². The highest BCUT2D eigenvalue weighted by molar-refractivity contribution is 8.29. The van der Waals surface area contributed by atoms with Crippen molar-refractivity contribution in [3.8, 4) is 0 Å². The number of hydrogen-bond donors (Lipinski definition) is 0. The fraction of sp³-hybridized carbons (Fsp3) is 0.214. The zero-order valence-electron chi connectivity index (χ0n) is 21.5. The topological polar surface area (TPSA) is 72.9 Å². The number of thioether (sulfide) groups is 2. The molecule has 2 aliphatic rings. The van der Waals surface area contributed by atoms with Crippen molar-refractivity contribution in [1.82, 2.24) is 0 Å². The summed E-state index contributed by atoms with van der Waals surface area (Å²) < 4.78 is 11.4. The largest absolute Gasteiger partial charge is 0.465 e. The molecule has 0 atom stereocenters. The molecule has 39 heavy (non-hydrogen) atoms. The van der Waals surface area contributed by atoms with Gasteiger partial charge in [0.15, 0.2) is 0 Å². The molecular formula is C28H22ClNO5S4. The molecule has 2 aliphatic heterocycles. The predicted octanol–water partition coefficient (Wildman–Crippen LogP) is 7.38. The van der Waals surface area contributed by atoms with Crippen LogP contribution in [-0.2, 0) is 19.1 Å². The Bertz CT molecular complexity index is 1640. The Labute approximate surface area is 248 Å². The van der Waals surface area contributed by atoms with E-state index in [9.17, 15) is 14.4 Å². The van der Waals surface area contributed by atoms with Gasteiger partial charge in [-0.2, -0.15) is 0 Å². The molecule has 1 aromatic heterocycles. The van der Waals surface area contributed by atoms with Crippen molar-refractivity contribution in [2.45, 2.75) is 26.3 Å². The number of para-hydroxylation sites is 1. The number of aryl methyl sites for hydroxylation is 1. The highest BCUT2D eigenvalue weighted by atomic mass is 35.5. The summed E-state index contributed by atoms with van der Waals surface area (Å²) in [6.07, 6.45) is 0. The summed E-state index contributed by atoms with van der Waals surface area (Å²) in [6, 6.07) is 13.4. The standard InChI is InChI=1S/C28H22ClNO5S4/c1-13-9-8-11-15-17(27-38-21(25(32)34-4)22(39-27)26(33)35-5)23(36)28(2,3)30(19(13)15)24(31)20-18(29)14-10-6-7-12-16(14)37-20/h6-12H,1-5H3. The summed E-state index contributed by atoms with van der Waals surface area (Å²) in [5.74, 6) is -1.51. The van der Waals surface area contributed by atoms with Crippen molar-refractivity contribution in [3.63, 3.8) is 0 Å². The van der Waals surface area contributed by atoms with Crippen molar-refractivity contribution in [3.05, 3.63) is 77.5 Å². The van der Waals surface area contributed by atoms with E-state index in [0.717, 1.165) is 44.7 Å². The average molecular weight is 616 g/mol. The van der Waals surface area contributed by atoms with Crippen LogP contribution >= 0.6 is 58.7 Å². The number of carbonyl (C=O) groups excluding carboxylic acids is 3. The van der Waals surface area contributed by atoms with E-state index in [2.05, 4.69) is 0 Å². The first-order valence-corrected chi connectivity index (χ1v) is 14.9. The van der Waals surface area contributed by atoms with Crippen LogP contribution in [0.5, 0.6) is 0 Å². The van der Waals surface area contributed by atoms with Gasteiger partial charge in [-0.1, -0.05) is 83.7 Å². The van der Waals surface area contributed by atoms with Crippen molar-refractivity contribution in [2.75, 3.05) is 19.1 Å². The monoisotopic (exact) mass is 615 g/mol. The first-order chi connectivity index (χ1) is 18.5. The third-order valence-corrected chi connectivity index (χ3v) is 11.5. The van der Waals surface area contributed by atoms with E-state index in [-0.39, 0.29) is 15.7 Å². The first kappa shape index (κ1) is 27.9. The number of esters is 2. The van der Waals surface area contributed by atoms with Crippen molar-refractivity contribution in [2.24, 2.45) is 0 Å². The molecule has 0 saturated carbocycles. The van der Waals surface area contributed by atoms with Crippen LogP contribution in [0.25, 0.3) is 15.7 Å². The summed E-state index contributed by atoms with van der Waals surface area (Å²) in [5.41, 5.74) is 2.04. The number of benzene rings is 2. The van der Waals surface area contributed by atoms with Gasteiger partial charge in [0.05, 0.1) is 39.6 Å². The third-order valence-electron chi connectivity index (χ3n) is 6.55. The summed E-state index contributed by atoms with van der Waals surface area (Å²) in [5, 5.41) is 1.24. The van der Waals surface area contributed by atoms with Crippen LogP contribution in [0.15, 0.2) is 56.5 Å². The second-order valence-corrected chi connectivity index (χ2v) is 13.4. The molecule has 0 radical (unpaired) electrons. The normalized spacial score (nSPS) is 16.6. The molecule has 1 amide bonds. The number of amides is 1. The zero-order chi connectivity index (χ0) is 28.2. The van der Waals surface area contributed by atoms with Crippen molar-refractivity contribution in [1.29, 1.82) is 0 Å². The van der Waals surface area contributed by atoms with Gasteiger partial charge in [-0.3, -0.25) is 9.69 Å². The van der Waals surface area contributed by atoms with Crippen molar-refractivity contribution < 1.29 is 23.9 Å². The van der Waals surface area contributed by atoms with E-state index in [4.69, 9.17) is 33.3 Å². The van der Waals surface area contributed by atoms with Gasteiger partial charge >= 0.3 is 11.9 Å². The first-order valence-electron chi connectivity index (χ1n) is 11.7. The molecule has 0 bridgehead atoms. The lowest BCUT2D eigenvalue weighted by Gasteiger charge is -2.45. The number of carbonyl (C=O) groups is 3. The maximum Gasteiger partial charge on any atom is 0.346 e. The quantitative estimate of drug-likeness (QED) is 0.172. The van der Waals surface area contributed by atoms with E-state index in [1.54, 1.807) is 4.90 Å². The molecule has 11 heteroatoms. The lowest BCUT2D eigenvalue weighted by Crippen LogP contribution is -2.56. The molecule has 3 heterocycles. The zero-order valence-corrected chi connectivity index (χ0v) is 25.6. The molecule has 0 spiro atoms. The number of nitrogens with zero attached hydrogens (tertiary/aromatic N) is 1. The number of thiocarbonyl (C=S) groups is 1. The maximum atomic E-state index is 14.3. The fourth-order valence-electron chi connectivity index (χ4n) is 4.63. The number of rotatable bonds is 3. The maximum absolute atomic E-state index is 14.3. The Kier molecular flexibility index (Phi) is 7.45. The second kappa shape index (κ2) is 10.4. The highest BCUT2D eigenvalue weighted by Gasteiger charge is 2.47. The molecule has 0 saturated heterocycles. The fourth-order valence-corrected chi connectivity index (χ4v) is 9.11. The second-order valence-electron chi connectivity index (χ2n) is 9.25. The minimum Gasteiger partial charge on any atom is -0.465 e. The number of methoxy groups -OCH3 is 2. The summed E-state index contributed by atoms with van der Waals surface area (Å²) >= 11 is 16.4. The number of hydrogen-bond acceptors (Lipinski definition) is 9. The predicted molar refractivity (Wildman–Crippen MR) is 165 cm³/mol. The Morgan fingerprint density at radius 3 is 2.15 bits per heavy atom. The molecule has 0 unspecified atom stereocenters. The van der Waals surface area contributed by atoms with Crippen LogP contribution in [0, 0.1) is 6.92 Å². The third kappa shape index (κ3) is 4.42. The SMILES string of the molecule is COC(=O)C1=C(C(=O)OC)SC(=C2C(=S)C(C)(C)N(C(=O)c3sc4ccccc4c3Cl)c3c(C)cccc32)S1. The van der Waals surface area contributed by atoms with E-state index >= 15 is 0 Å². The Balaban J connectivity index is 1.70. The summed E-state index contributed by atoms with van der Waals surface area (Å²) in [6.45, 7) is 5.72. The number of anilines is 1. The van der Waals surface area contributed by atoms with E-state index in [0.29, 0.717) is 30.3 Å². The molecule has 6 nitrogen and oxygen atoms in total. The lowest BCUT2D eigenvalue weighted by molar-refractivity contribution is -0.138. The van der Waals surface area contributed by atoms with Crippen LogP contribution in [0.2, 0.25) is 5.02 Å². The molecule has 200 valence electrons. The van der Waals surface area contributed by atoms with Gasteiger partial charge in [0, 0.05) is 21.2 Å². The molecular weight excluding hydrogens is 594 g/mol. The smallest absolute Gasteiger partial charge is 0.346 e. The molecule has 0 fully saturated rings. The molecule has 2 aromatic carbocycles. The van der Waals surface area contributed by atoms with Crippen LogP contribution in [0.1, 0.15) is 34.6 Å². The molecule has 0 N–H and O–H groups in total. The minimum atomic E-state index is -0.950. The van der Waals surface area contributed by atoms with Gasteiger partial charge in [-0.05, 0) is 32.4 Å². The van der Waals surface area contributed by atoms with Crippen LogP contribution in [0.3, 0.4) is 0 Å². The number of ether oxygens (including phenoxy) is 2. The van der Waals surface area contributed by atoms with Gasteiger partial charge in [0.2, 0.25) is 0 Å². The van der Waals surface area contributed by atoms with Gasteiger partial charge in [-0.25, -0.2) is 9.59 Å². The number of halogens is 1. The molecule has 0 aliphatic carbocycles. The van der Waals surface area contributed by atoms with Gasteiger partial charge in [0.1, 0.15) is 14.7 Å². The Morgan fingerprint density at radius 1 is 0.949 bits per heavy atom. The van der Waals surface area contributed by atoms with E-state index in [1.807, 2.05) is 63.2 Å². The number of fused-ring (bicyclic) bond motifs is 2. The summed E-state index contributed by atoms with van der Waals surface area (Å²) in [4.78, 5) is 42.3. The number of thiophene rings is 1. The Morgan fingerprint density at radius 2 is 1.56 bits per heavy atom. The van der Waals surface area contributed by atoms with E-state index in [1.165, 1.54) is 25.6 Å². The van der Waals surface area contributed by atoms with Crippen LogP contribution < -0.4 is 4.90 Å². The highest BCUT2D eigenvalue weighted by Crippen LogP contribution is 2.56. The summed E-state index contributed by atoms with van der Waals surface area (Å²) in [7, 11) is 2.52.